The first-order chi connectivity index (χ1) is 12.1. The number of nitrogens with one attached hydrogen (secondary N) is 2. The minimum absolute atomic E-state index is 0.000780. The van der Waals surface area contributed by atoms with Crippen LogP contribution in [0, 0.1) is 0 Å². The Balaban J connectivity index is 1.76. The molecule has 0 fully saturated rings. The molecule has 1 amide bonds. The van der Waals surface area contributed by atoms with Crippen LogP contribution in [0.25, 0.3) is 10.9 Å². The van der Waals surface area contributed by atoms with Gasteiger partial charge in [0.25, 0.3) is 11.5 Å². The van der Waals surface area contributed by atoms with Crippen LogP contribution >= 0.6 is 11.3 Å². The van der Waals surface area contributed by atoms with Gasteiger partial charge in [0.1, 0.15) is 5.56 Å². The van der Waals surface area contributed by atoms with Crippen LogP contribution in [0.2, 0.25) is 0 Å². The Bertz CT molecular complexity index is 993. The lowest BCUT2D eigenvalue weighted by molar-refractivity contribution is -0.142. The van der Waals surface area contributed by atoms with Crippen molar-refractivity contribution in [1.82, 2.24) is 9.97 Å². The highest BCUT2D eigenvalue weighted by Crippen LogP contribution is 2.17. The molecule has 0 unspecified atom stereocenters. The largest absolute Gasteiger partial charge is 0.466 e. The van der Waals surface area contributed by atoms with Crippen LogP contribution in [0.3, 0.4) is 0 Å². The minimum Gasteiger partial charge on any atom is -0.466 e. The van der Waals surface area contributed by atoms with Crippen molar-refractivity contribution in [2.75, 3.05) is 11.9 Å². The number of hydrogen-bond acceptors (Lipinski definition) is 6. The zero-order valence-electron chi connectivity index (χ0n) is 13.4. The molecule has 0 saturated heterocycles. The number of benzene rings is 1. The molecule has 0 bridgehead atoms. The number of aromatic amines is 1. The third kappa shape index (κ3) is 3.92. The highest BCUT2D eigenvalue weighted by Gasteiger charge is 2.15. The molecule has 3 rings (SSSR count). The first-order valence-corrected chi connectivity index (χ1v) is 8.48. The fourth-order valence-electron chi connectivity index (χ4n) is 2.29. The van der Waals surface area contributed by atoms with E-state index in [1.54, 1.807) is 24.4 Å². The summed E-state index contributed by atoms with van der Waals surface area (Å²) in [6.45, 7) is 2.03. The fraction of sp³-hybridized carbons (Fsp3) is 0.176. The van der Waals surface area contributed by atoms with Gasteiger partial charge in [0.2, 0.25) is 0 Å². The molecular formula is C17H15N3O4S. The predicted molar refractivity (Wildman–Crippen MR) is 95.0 cm³/mol. The minimum atomic E-state index is -0.552. The Hall–Kier alpha value is -3.00. The second-order valence-electron chi connectivity index (χ2n) is 5.18. The number of nitrogens with zero attached hydrogens (tertiary/aromatic N) is 1. The van der Waals surface area contributed by atoms with Crippen LogP contribution in [0.15, 0.2) is 40.5 Å². The molecule has 8 heteroatoms. The summed E-state index contributed by atoms with van der Waals surface area (Å²) in [6.07, 6.45) is 0.0385. The first kappa shape index (κ1) is 16.8. The van der Waals surface area contributed by atoms with E-state index < -0.39 is 11.5 Å². The molecule has 2 aromatic heterocycles. The van der Waals surface area contributed by atoms with Gasteiger partial charge in [0, 0.05) is 10.9 Å². The number of para-hydroxylation sites is 1. The second kappa shape index (κ2) is 7.27. The van der Waals surface area contributed by atoms with E-state index in [1.165, 1.54) is 17.4 Å². The van der Waals surface area contributed by atoms with Crippen LogP contribution in [0.4, 0.5) is 5.13 Å². The number of carbonyl (C=O) groups excluding carboxylic acids is 2. The molecule has 0 saturated carbocycles. The maximum absolute atomic E-state index is 12.4. The number of pyridine rings is 1. The first-order valence-electron chi connectivity index (χ1n) is 7.60. The van der Waals surface area contributed by atoms with E-state index in [0.29, 0.717) is 22.9 Å². The number of ether oxygens (including phenoxy) is 1. The van der Waals surface area contributed by atoms with Crippen molar-refractivity contribution in [3.8, 4) is 0 Å². The molecule has 7 nitrogen and oxygen atoms in total. The van der Waals surface area contributed by atoms with Crippen molar-refractivity contribution in [2.45, 2.75) is 13.3 Å². The number of thiazole rings is 1. The maximum Gasteiger partial charge on any atom is 0.311 e. The summed E-state index contributed by atoms with van der Waals surface area (Å²) in [5.41, 5.74) is 0.696. The molecule has 0 aliphatic heterocycles. The van der Waals surface area contributed by atoms with Crippen molar-refractivity contribution in [1.29, 1.82) is 0 Å². The molecule has 128 valence electrons. The summed E-state index contributed by atoms with van der Waals surface area (Å²) in [5, 5.41) is 5.32. The van der Waals surface area contributed by atoms with Crippen LogP contribution in [0.5, 0.6) is 0 Å². The zero-order valence-corrected chi connectivity index (χ0v) is 14.2. The predicted octanol–water partition coefficient (Wildman–Crippen LogP) is 2.34. The van der Waals surface area contributed by atoms with Gasteiger partial charge in [-0.1, -0.05) is 18.2 Å². The van der Waals surface area contributed by atoms with Gasteiger partial charge in [-0.2, -0.15) is 0 Å². The number of aromatic nitrogens is 2. The second-order valence-corrected chi connectivity index (χ2v) is 6.04. The lowest BCUT2D eigenvalue weighted by atomic mass is 10.1. The molecule has 0 radical (unpaired) electrons. The van der Waals surface area contributed by atoms with Gasteiger partial charge in [-0.3, -0.25) is 19.7 Å². The average molecular weight is 357 g/mol. The Kier molecular flexibility index (Phi) is 4.90. The molecule has 0 atom stereocenters. The van der Waals surface area contributed by atoms with E-state index in [1.807, 2.05) is 12.1 Å². The highest BCUT2D eigenvalue weighted by atomic mass is 32.1. The van der Waals surface area contributed by atoms with E-state index in [-0.39, 0.29) is 18.0 Å². The lowest BCUT2D eigenvalue weighted by Gasteiger charge is -2.03. The van der Waals surface area contributed by atoms with Crippen molar-refractivity contribution in [3.05, 3.63) is 57.3 Å². The molecule has 0 aliphatic rings. The normalized spacial score (nSPS) is 10.6. The molecule has 2 heterocycles. The van der Waals surface area contributed by atoms with Gasteiger partial charge in [-0.25, -0.2) is 4.98 Å². The number of esters is 1. The third-order valence-electron chi connectivity index (χ3n) is 3.40. The van der Waals surface area contributed by atoms with Crippen LogP contribution in [-0.2, 0) is 16.0 Å². The van der Waals surface area contributed by atoms with Crippen molar-refractivity contribution in [2.24, 2.45) is 0 Å². The number of hydrogen-bond donors (Lipinski definition) is 2. The number of rotatable bonds is 5. The SMILES string of the molecule is CCOC(=O)Cc1csc(NC(=O)c2cc3ccccc3[nH]c2=O)n1. The average Bonchev–Trinajstić information content (AvgIpc) is 3.01. The number of amides is 1. The Morgan fingerprint density at radius 1 is 1.32 bits per heavy atom. The van der Waals surface area contributed by atoms with Crippen LogP contribution < -0.4 is 10.9 Å². The topological polar surface area (TPSA) is 101 Å². The van der Waals surface area contributed by atoms with Crippen molar-refractivity contribution in [3.63, 3.8) is 0 Å². The summed E-state index contributed by atoms with van der Waals surface area (Å²) in [5.74, 6) is -0.930. The number of H-pyrrole nitrogens is 1. The molecule has 1 aromatic carbocycles. The van der Waals surface area contributed by atoms with Crippen molar-refractivity contribution < 1.29 is 14.3 Å². The number of anilines is 1. The summed E-state index contributed by atoms with van der Waals surface area (Å²) < 4.78 is 4.85. The molecule has 0 spiro atoms. The third-order valence-corrected chi connectivity index (χ3v) is 4.21. The Morgan fingerprint density at radius 3 is 2.92 bits per heavy atom. The standard InChI is InChI=1S/C17H15N3O4S/c1-2-24-14(21)8-11-9-25-17(18-11)20-16(23)12-7-10-5-3-4-6-13(10)19-15(12)22/h3-7,9H,2,8H2,1H3,(H,19,22)(H,18,20,23). The van der Waals surface area contributed by atoms with E-state index in [9.17, 15) is 14.4 Å². The van der Waals surface area contributed by atoms with Gasteiger partial charge < -0.3 is 9.72 Å². The summed E-state index contributed by atoms with van der Waals surface area (Å²) in [4.78, 5) is 42.7. The highest BCUT2D eigenvalue weighted by molar-refractivity contribution is 7.14. The Labute approximate surface area is 146 Å². The summed E-state index contributed by atoms with van der Waals surface area (Å²) in [7, 11) is 0. The van der Waals surface area contributed by atoms with Gasteiger partial charge >= 0.3 is 5.97 Å². The van der Waals surface area contributed by atoms with Gasteiger partial charge in [-0.05, 0) is 24.4 Å². The summed E-state index contributed by atoms with van der Waals surface area (Å²) in [6, 6.07) is 8.74. The van der Waals surface area contributed by atoms with E-state index >= 15 is 0 Å². The monoisotopic (exact) mass is 357 g/mol. The van der Waals surface area contributed by atoms with Crippen molar-refractivity contribution >= 4 is 39.2 Å². The summed E-state index contributed by atoms with van der Waals surface area (Å²) >= 11 is 1.18. The molecule has 25 heavy (non-hydrogen) atoms. The van der Waals surface area contributed by atoms with Crippen LogP contribution in [0.1, 0.15) is 23.0 Å². The smallest absolute Gasteiger partial charge is 0.311 e. The van der Waals surface area contributed by atoms with Crippen LogP contribution in [-0.4, -0.2) is 28.5 Å². The van der Waals surface area contributed by atoms with E-state index in [0.717, 1.165) is 5.39 Å². The maximum atomic E-state index is 12.4. The Morgan fingerprint density at radius 2 is 2.12 bits per heavy atom. The fourth-order valence-corrected chi connectivity index (χ4v) is 2.99. The molecule has 3 aromatic rings. The number of fused-ring (bicyclic) bond motifs is 1. The van der Waals surface area contributed by atoms with E-state index in [2.05, 4.69) is 15.3 Å². The van der Waals surface area contributed by atoms with Gasteiger partial charge in [0.15, 0.2) is 5.13 Å². The van der Waals surface area contributed by atoms with Gasteiger partial charge in [0.05, 0.1) is 18.7 Å². The zero-order chi connectivity index (χ0) is 17.8. The molecule has 2 N–H and O–H groups in total. The quantitative estimate of drug-likeness (QED) is 0.683. The van der Waals surface area contributed by atoms with E-state index in [4.69, 9.17) is 4.74 Å². The van der Waals surface area contributed by atoms with Gasteiger partial charge in [-0.15, -0.1) is 11.3 Å². The molecule has 0 aliphatic carbocycles. The number of carbonyl (C=O) groups is 2. The molecular weight excluding hydrogens is 342 g/mol. The lowest BCUT2D eigenvalue weighted by Crippen LogP contribution is -2.23.